The van der Waals surface area contributed by atoms with E-state index in [9.17, 15) is 59.1 Å². The van der Waals surface area contributed by atoms with Crippen LogP contribution < -0.4 is 31.7 Å². The zero-order valence-electron chi connectivity index (χ0n) is 66.5. The molecule has 0 radical (unpaired) electrons. The molecule has 0 bridgehead atoms. The van der Waals surface area contributed by atoms with Crippen LogP contribution in [0.25, 0.3) is 21.9 Å². The van der Waals surface area contributed by atoms with Crippen molar-refractivity contribution >= 4 is 90.8 Å². The van der Waals surface area contributed by atoms with Gasteiger partial charge in [0, 0.05) is 74.7 Å². The Hall–Kier alpha value is -7.87. The van der Waals surface area contributed by atoms with Gasteiger partial charge in [0.1, 0.15) is 54.8 Å². The van der Waals surface area contributed by atoms with E-state index in [1.165, 1.54) is 24.3 Å². The van der Waals surface area contributed by atoms with Crippen molar-refractivity contribution in [2.24, 2.45) is 0 Å². The van der Waals surface area contributed by atoms with Crippen molar-refractivity contribution in [2.75, 3.05) is 210 Å². The first-order valence-electron chi connectivity index (χ1n) is 39.1. The smallest absolute Gasteiger partial charge is 0.335 e. The maximum Gasteiger partial charge on any atom is 0.335 e. The summed E-state index contributed by atoms with van der Waals surface area (Å²) >= 11 is 3.59. The Morgan fingerprint density at radius 2 is 1.11 bits per heavy atom. The SMILES string of the molecule is COCCOCCOCCOCCOCCOCCOCCOCCOCCOCCOCCOCCC(=O)NCCCC[C@H](NC(=O)CCCCCN1C(=O)C=CC1=O)C(=O)NCCC(=O)Nc1cc(C[N+](C)(C)Cc2ccc(Cn3c(Br)nc4c(N)nc5cc(C(=O)O)ccc5c43)cc2)ccc1O[C@H]1O[C@H](CO)[C@@H](O)[C@H](O)[C@@H]1O. The van der Waals surface area contributed by atoms with Crippen molar-refractivity contribution in [3.63, 3.8) is 0 Å². The summed E-state index contributed by atoms with van der Waals surface area (Å²) in [4.78, 5) is 99.9. The van der Waals surface area contributed by atoms with Gasteiger partial charge in [-0.2, -0.15) is 0 Å². The number of anilines is 2. The highest BCUT2D eigenvalue weighted by atomic mass is 79.9. The van der Waals surface area contributed by atoms with Crippen molar-refractivity contribution < 1.29 is 130 Å². The Bertz CT molecular complexity index is 3820. The minimum absolute atomic E-state index is 0.0114. The summed E-state index contributed by atoms with van der Waals surface area (Å²) in [6.07, 6.45) is -3.28. The van der Waals surface area contributed by atoms with E-state index in [0.717, 1.165) is 21.6 Å². The average Bonchev–Trinajstić information content (AvgIpc) is 1.61. The molecule has 1 fully saturated rings. The maximum absolute atomic E-state index is 13.9. The number of rotatable bonds is 63. The Labute approximate surface area is 683 Å². The summed E-state index contributed by atoms with van der Waals surface area (Å²) in [5, 5.41) is 63.6. The molecule has 36 nitrogen and oxygen atoms in total. The number of imide groups is 1. The first-order chi connectivity index (χ1) is 56.1. The van der Waals surface area contributed by atoms with Gasteiger partial charge in [0.15, 0.2) is 10.6 Å². The fourth-order valence-corrected chi connectivity index (χ4v) is 12.7. The molecule has 2 aromatic heterocycles. The van der Waals surface area contributed by atoms with E-state index in [0.29, 0.717) is 222 Å². The number of benzene rings is 3. The van der Waals surface area contributed by atoms with Gasteiger partial charge >= 0.3 is 5.97 Å². The van der Waals surface area contributed by atoms with Gasteiger partial charge < -0.3 is 128 Å². The molecule has 0 saturated carbocycles. The van der Waals surface area contributed by atoms with Gasteiger partial charge in [-0.25, -0.2) is 14.8 Å². The lowest BCUT2D eigenvalue weighted by molar-refractivity contribution is -0.916. The number of fused-ring (bicyclic) bond motifs is 3. The van der Waals surface area contributed by atoms with Gasteiger partial charge in [0.25, 0.3) is 11.8 Å². The van der Waals surface area contributed by atoms with Crippen LogP contribution in [0.4, 0.5) is 11.5 Å². The van der Waals surface area contributed by atoms with Crippen molar-refractivity contribution in [2.45, 2.75) is 114 Å². The lowest BCUT2D eigenvalue weighted by atomic mass is 9.99. The Morgan fingerprint density at radius 3 is 1.66 bits per heavy atom. The van der Waals surface area contributed by atoms with E-state index in [4.69, 9.17) is 72.0 Å². The number of nitrogens with zero attached hydrogens (tertiary/aromatic N) is 5. The number of pyridine rings is 1. The number of halogens is 1. The molecule has 37 heteroatoms. The predicted molar refractivity (Wildman–Crippen MR) is 425 cm³/mol. The monoisotopic (exact) mass is 1700 g/mol. The number of quaternary nitrogens is 1. The summed E-state index contributed by atoms with van der Waals surface area (Å²) in [7, 11) is 5.68. The van der Waals surface area contributed by atoms with Crippen LogP contribution in [-0.2, 0) is 110 Å². The average molecular weight is 1700 g/mol. The van der Waals surface area contributed by atoms with Crippen molar-refractivity contribution in [3.8, 4) is 5.75 Å². The Morgan fingerprint density at radius 1 is 0.578 bits per heavy atom. The van der Waals surface area contributed by atoms with Crippen LogP contribution in [0.2, 0.25) is 0 Å². The van der Waals surface area contributed by atoms with Crippen LogP contribution in [0, 0.1) is 0 Å². The minimum Gasteiger partial charge on any atom is -0.478 e. The molecule has 11 N–H and O–H groups in total. The number of amides is 6. The van der Waals surface area contributed by atoms with Crippen molar-refractivity contribution in [1.29, 1.82) is 0 Å². The normalized spacial score (nSPS) is 16.6. The number of ether oxygens (including phenoxy) is 14. The number of imidazole rings is 1. The van der Waals surface area contributed by atoms with Crippen molar-refractivity contribution in [1.82, 2.24) is 35.4 Å². The number of carboxylic acids is 1. The zero-order chi connectivity index (χ0) is 83.3. The molecule has 7 rings (SSSR count). The second-order valence-corrected chi connectivity index (χ2v) is 28.6. The number of aliphatic hydroxyl groups excluding tert-OH is 4. The Balaban J connectivity index is 0.784. The third-order valence-corrected chi connectivity index (χ3v) is 18.9. The van der Waals surface area contributed by atoms with Crippen LogP contribution in [0.3, 0.4) is 0 Å². The largest absolute Gasteiger partial charge is 0.478 e. The third-order valence-electron chi connectivity index (χ3n) is 18.3. The molecular weight excluding hydrogens is 1580 g/mol. The van der Waals surface area contributed by atoms with Gasteiger partial charge in [-0.1, -0.05) is 30.7 Å². The fraction of sp³-hybridized carbons (Fsp3) is 0.608. The summed E-state index contributed by atoms with van der Waals surface area (Å²) in [6, 6.07) is 16.7. The number of carboxylic acid groups (broad SMARTS) is 1. The van der Waals surface area contributed by atoms with E-state index in [1.54, 1.807) is 31.4 Å². The molecule has 2 aliphatic heterocycles. The molecule has 6 amide bonds. The lowest BCUT2D eigenvalue weighted by Gasteiger charge is -2.39. The summed E-state index contributed by atoms with van der Waals surface area (Å²) in [5.74, 6) is -3.48. The topological polar surface area (TPSA) is 458 Å². The van der Waals surface area contributed by atoms with Gasteiger partial charge in [-0.15, -0.1) is 0 Å². The van der Waals surface area contributed by atoms with Gasteiger partial charge in [0.2, 0.25) is 29.9 Å². The predicted octanol–water partition coefficient (Wildman–Crippen LogP) is 2.55. The van der Waals surface area contributed by atoms with E-state index in [1.807, 2.05) is 42.9 Å². The van der Waals surface area contributed by atoms with Crippen molar-refractivity contribution in [3.05, 3.63) is 99.8 Å². The number of aromatic nitrogens is 3. The van der Waals surface area contributed by atoms with E-state index < -0.39 is 78.9 Å². The number of unbranched alkanes of at least 4 members (excludes halogenated alkanes) is 3. The molecule has 2 aliphatic rings. The molecule has 4 heterocycles. The number of hydrogen-bond donors (Lipinski definition) is 10. The molecule has 1 saturated heterocycles. The number of nitrogen functional groups attached to an aromatic ring is 1. The van der Waals surface area contributed by atoms with Crippen LogP contribution >= 0.6 is 15.9 Å². The second-order valence-electron chi connectivity index (χ2n) is 27.9. The van der Waals surface area contributed by atoms with E-state index >= 15 is 0 Å². The molecule has 0 aliphatic carbocycles. The molecule has 5 aromatic rings. The van der Waals surface area contributed by atoms with Gasteiger partial charge in [-0.05, 0) is 90.0 Å². The molecular formula is C79H116BrN10O26+. The number of carbonyl (C=O) groups excluding carboxylic acids is 6. The molecule has 116 heavy (non-hydrogen) atoms. The molecule has 644 valence electrons. The van der Waals surface area contributed by atoms with E-state index in [-0.39, 0.29) is 87.3 Å². The molecule has 6 atom stereocenters. The minimum atomic E-state index is -1.77. The molecule has 0 spiro atoms. The number of aliphatic hydroxyl groups is 4. The maximum atomic E-state index is 13.9. The molecule has 0 unspecified atom stereocenters. The molecule has 3 aromatic carbocycles. The van der Waals surface area contributed by atoms with Gasteiger partial charge in [0.05, 0.1) is 201 Å². The summed E-state index contributed by atoms with van der Waals surface area (Å²) < 4.78 is 80.0. The van der Waals surface area contributed by atoms with Gasteiger partial charge in [-0.3, -0.25) is 33.7 Å². The Kier molecular flexibility index (Phi) is 44.0. The van der Waals surface area contributed by atoms with Crippen LogP contribution in [0.15, 0.2) is 77.5 Å². The first-order valence-corrected chi connectivity index (χ1v) is 39.9. The standard InChI is InChI=1S/C79H115BrN10O26/c1-90(2,52-56-13-11-55(12-14-56)51-89-71-59-17-16-58(77(101)102)50-61(59)86-75(81)70(71)87-79(89)80)53-57-15-18-63(115-78-74(99)73(98)72(97)64(54-91)116-78)62(49-57)85-67(94)21-24-83-76(100)60(84-66(93)10-5-4-8-25-88-68(95)19-20-69(88)96)9-6-7-23-82-65(92)22-26-104-29-30-106-33-34-108-37-38-110-41-42-112-45-46-114-48-47-113-44-43-111-40-39-109-36-35-107-32-31-105-28-27-103-3/h11-20,49-50,60,64,72-74,78,91,97-99H,4-10,21-48,51-54H2,1-3H3,(H6-,81,82,83,84,85,86,92,93,94,100,101,102)/p+1/t60-,64+,72+,73-,74-,78-/m0/s1. The van der Waals surface area contributed by atoms with Crippen LogP contribution in [0.1, 0.15) is 84.8 Å². The second kappa shape index (κ2) is 53.5. The third kappa shape index (κ3) is 34.6. The summed E-state index contributed by atoms with van der Waals surface area (Å²) in [5.41, 5.74) is 10.8. The zero-order valence-corrected chi connectivity index (χ0v) is 68.1. The number of carbonyl (C=O) groups is 7. The highest BCUT2D eigenvalue weighted by Gasteiger charge is 2.45. The quantitative estimate of drug-likeness (QED) is 0.0152. The first kappa shape index (κ1) is 95.3. The van der Waals surface area contributed by atoms with Crippen LogP contribution in [0.5, 0.6) is 5.75 Å². The lowest BCUT2D eigenvalue weighted by Crippen LogP contribution is -2.60. The summed E-state index contributed by atoms with van der Waals surface area (Å²) in [6.45, 7) is 10.9. The number of nitrogens with two attached hydrogens (primary N) is 1. The number of hydrogen-bond acceptors (Lipinski definition) is 28. The highest BCUT2D eigenvalue weighted by Crippen LogP contribution is 2.34. The number of methoxy groups -OCH3 is 1. The highest BCUT2D eigenvalue weighted by molar-refractivity contribution is 9.10. The van der Waals surface area contributed by atoms with Crippen LogP contribution in [-0.4, -0.2) is 327 Å². The fourth-order valence-electron chi connectivity index (χ4n) is 12.3. The number of aromatic carboxylic acids is 1. The number of nitrogens with one attached hydrogen (secondary N) is 4. The van der Waals surface area contributed by atoms with E-state index in [2.05, 4.69) is 47.2 Å².